The summed E-state index contributed by atoms with van der Waals surface area (Å²) in [7, 11) is 0. The highest BCUT2D eigenvalue weighted by Crippen LogP contribution is 2.30. The molecule has 0 aromatic carbocycles. The second kappa shape index (κ2) is 6.63. The number of amides is 1. The van der Waals surface area contributed by atoms with Gasteiger partial charge in [-0.15, -0.1) is 11.6 Å². The first-order valence-corrected chi connectivity index (χ1v) is 7.33. The van der Waals surface area contributed by atoms with Crippen LogP contribution in [0, 0.1) is 17.3 Å². The molecular formula is C14H26ClNO. The molecular weight excluding hydrogens is 234 g/mol. The van der Waals surface area contributed by atoms with E-state index in [0.717, 1.165) is 24.8 Å². The molecule has 1 fully saturated rings. The summed E-state index contributed by atoms with van der Waals surface area (Å²) < 4.78 is 0. The lowest BCUT2D eigenvalue weighted by molar-refractivity contribution is -0.128. The number of alkyl halides is 1. The smallest absolute Gasteiger partial charge is 0.226 e. The van der Waals surface area contributed by atoms with E-state index in [1.807, 2.05) is 13.8 Å². The van der Waals surface area contributed by atoms with E-state index < -0.39 is 5.41 Å². The topological polar surface area (TPSA) is 29.1 Å². The van der Waals surface area contributed by atoms with Gasteiger partial charge in [-0.25, -0.2) is 0 Å². The molecule has 0 aliphatic heterocycles. The molecule has 1 aliphatic carbocycles. The fourth-order valence-electron chi connectivity index (χ4n) is 2.31. The van der Waals surface area contributed by atoms with E-state index in [4.69, 9.17) is 11.6 Å². The van der Waals surface area contributed by atoms with Crippen molar-refractivity contribution in [1.82, 2.24) is 5.32 Å². The zero-order chi connectivity index (χ0) is 12.9. The van der Waals surface area contributed by atoms with Gasteiger partial charge in [-0.3, -0.25) is 4.79 Å². The Kier molecular flexibility index (Phi) is 5.78. The summed E-state index contributed by atoms with van der Waals surface area (Å²) in [5.41, 5.74) is -0.442. The molecule has 0 unspecified atom stereocenters. The molecule has 0 saturated heterocycles. The molecule has 1 aliphatic rings. The highest BCUT2D eigenvalue weighted by molar-refractivity contribution is 6.19. The summed E-state index contributed by atoms with van der Waals surface area (Å²) in [6.07, 6.45) is 6.49. The van der Waals surface area contributed by atoms with Crippen molar-refractivity contribution in [3.8, 4) is 0 Å². The van der Waals surface area contributed by atoms with Crippen LogP contribution in [0.1, 0.15) is 52.9 Å². The van der Waals surface area contributed by atoms with E-state index in [1.54, 1.807) is 0 Å². The first-order valence-electron chi connectivity index (χ1n) is 6.80. The second-order valence-corrected chi connectivity index (χ2v) is 6.46. The lowest BCUT2D eigenvalue weighted by atomic mass is 9.81. The highest BCUT2D eigenvalue weighted by Gasteiger charge is 2.26. The van der Waals surface area contributed by atoms with Crippen LogP contribution >= 0.6 is 11.6 Å². The van der Waals surface area contributed by atoms with E-state index >= 15 is 0 Å². The van der Waals surface area contributed by atoms with Gasteiger partial charge in [0.25, 0.3) is 0 Å². The predicted molar refractivity (Wildman–Crippen MR) is 73.2 cm³/mol. The van der Waals surface area contributed by atoms with Gasteiger partial charge < -0.3 is 5.32 Å². The molecule has 2 nitrogen and oxygen atoms in total. The summed E-state index contributed by atoms with van der Waals surface area (Å²) in [5, 5.41) is 3.01. The normalized spacial score (nSPS) is 25.6. The zero-order valence-electron chi connectivity index (χ0n) is 11.4. The molecule has 0 radical (unpaired) electrons. The molecule has 0 spiro atoms. The number of hydrogen-bond donors (Lipinski definition) is 1. The fraction of sp³-hybridized carbons (Fsp3) is 0.929. The number of carbonyl (C=O) groups excluding carboxylic acids is 1. The maximum absolute atomic E-state index is 11.8. The summed E-state index contributed by atoms with van der Waals surface area (Å²) in [6.45, 7) is 6.91. The van der Waals surface area contributed by atoms with Gasteiger partial charge in [0.15, 0.2) is 0 Å². The van der Waals surface area contributed by atoms with Gasteiger partial charge in [0.2, 0.25) is 5.91 Å². The summed E-state index contributed by atoms with van der Waals surface area (Å²) >= 11 is 5.77. The third kappa shape index (κ3) is 4.87. The second-order valence-electron chi connectivity index (χ2n) is 6.19. The number of halogens is 1. The van der Waals surface area contributed by atoms with Crippen LogP contribution in [0.4, 0.5) is 0 Å². The largest absolute Gasteiger partial charge is 0.356 e. The van der Waals surface area contributed by atoms with Gasteiger partial charge in [-0.1, -0.05) is 32.6 Å². The van der Waals surface area contributed by atoms with Gasteiger partial charge in [-0.05, 0) is 32.1 Å². The Morgan fingerprint density at radius 2 is 1.88 bits per heavy atom. The highest BCUT2D eigenvalue weighted by atomic mass is 35.5. The lowest BCUT2D eigenvalue weighted by Gasteiger charge is -2.27. The van der Waals surface area contributed by atoms with Crippen molar-refractivity contribution in [1.29, 1.82) is 0 Å². The monoisotopic (exact) mass is 259 g/mol. The van der Waals surface area contributed by atoms with E-state index in [1.165, 1.54) is 25.7 Å². The zero-order valence-corrected chi connectivity index (χ0v) is 12.1. The summed E-state index contributed by atoms with van der Waals surface area (Å²) in [6, 6.07) is 0. The predicted octanol–water partition coefficient (Wildman–Crippen LogP) is 3.58. The van der Waals surface area contributed by atoms with Crippen molar-refractivity contribution in [2.45, 2.75) is 52.9 Å². The standard InChI is InChI=1S/C14H26ClNO/c1-11-4-6-12(7-5-11)8-9-16-13(17)14(2,3)10-15/h11-12H,4-10H2,1-3H3,(H,16,17). The van der Waals surface area contributed by atoms with E-state index in [-0.39, 0.29) is 5.91 Å². The van der Waals surface area contributed by atoms with Crippen LogP contribution < -0.4 is 5.32 Å². The number of rotatable bonds is 5. The average Bonchev–Trinajstić information content (AvgIpc) is 2.31. The SMILES string of the molecule is CC1CCC(CCNC(=O)C(C)(C)CCl)CC1. The Bertz CT molecular complexity index is 245. The summed E-state index contributed by atoms with van der Waals surface area (Å²) in [5.74, 6) is 2.16. The molecule has 1 amide bonds. The molecule has 0 bridgehead atoms. The van der Waals surface area contributed by atoms with Crippen molar-refractivity contribution in [3.05, 3.63) is 0 Å². The maximum atomic E-state index is 11.8. The van der Waals surface area contributed by atoms with Crippen molar-refractivity contribution in [2.24, 2.45) is 17.3 Å². The van der Waals surface area contributed by atoms with Crippen molar-refractivity contribution < 1.29 is 4.79 Å². The number of nitrogens with one attached hydrogen (secondary N) is 1. The van der Waals surface area contributed by atoms with Crippen molar-refractivity contribution in [2.75, 3.05) is 12.4 Å². The van der Waals surface area contributed by atoms with Crippen LogP contribution in [0.25, 0.3) is 0 Å². The average molecular weight is 260 g/mol. The first kappa shape index (κ1) is 14.8. The molecule has 0 atom stereocenters. The van der Waals surface area contributed by atoms with Gasteiger partial charge in [0.05, 0.1) is 5.41 Å². The number of carbonyl (C=O) groups is 1. The minimum absolute atomic E-state index is 0.0803. The quantitative estimate of drug-likeness (QED) is 0.752. The Morgan fingerprint density at radius 1 is 1.29 bits per heavy atom. The Balaban J connectivity index is 2.18. The molecule has 0 aromatic heterocycles. The van der Waals surface area contributed by atoms with E-state index in [2.05, 4.69) is 12.2 Å². The molecule has 0 heterocycles. The van der Waals surface area contributed by atoms with Crippen LogP contribution in [-0.2, 0) is 4.79 Å². The molecule has 100 valence electrons. The van der Waals surface area contributed by atoms with Crippen molar-refractivity contribution in [3.63, 3.8) is 0 Å². The van der Waals surface area contributed by atoms with Crippen LogP contribution in [-0.4, -0.2) is 18.3 Å². The third-order valence-corrected chi connectivity index (χ3v) is 4.59. The Labute approximate surface area is 110 Å². The van der Waals surface area contributed by atoms with Gasteiger partial charge in [0.1, 0.15) is 0 Å². The summed E-state index contributed by atoms with van der Waals surface area (Å²) in [4.78, 5) is 11.8. The Hall–Kier alpha value is -0.240. The minimum atomic E-state index is -0.442. The maximum Gasteiger partial charge on any atom is 0.226 e. The fourth-order valence-corrected chi connectivity index (χ4v) is 2.43. The van der Waals surface area contributed by atoms with Gasteiger partial charge in [0, 0.05) is 12.4 Å². The molecule has 1 N–H and O–H groups in total. The van der Waals surface area contributed by atoms with Gasteiger partial charge >= 0.3 is 0 Å². The molecule has 1 rings (SSSR count). The van der Waals surface area contributed by atoms with E-state index in [0.29, 0.717) is 5.88 Å². The van der Waals surface area contributed by atoms with Crippen LogP contribution in [0.5, 0.6) is 0 Å². The lowest BCUT2D eigenvalue weighted by Crippen LogP contribution is -2.39. The molecule has 3 heteroatoms. The first-order chi connectivity index (χ1) is 7.95. The van der Waals surface area contributed by atoms with Crippen LogP contribution in [0.2, 0.25) is 0 Å². The van der Waals surface area contributed by atoms with Gasteiger partial charge in [-0.2, -0.15) is 0 Å². The molecule has 0 aromatic rings. The molecule has 1 saturated carbocycles. The van der Waals surface area contributed by atoms with Crippen LogP contribution in [0.3, 0.4) is 0 Å². The van der Waals surface area contributed by atoms with Crippen molar-refractivity contribution >= 4 is 17.5 Å². The van der Waals surface area contributed by atoms with E-state index in [9.17, 15) is 4.79 Å². The van der Waals surface area contributed by atoms with Crippen LogP contribution in [0.15, 0.2) is 0 Å². The minimum Gasteiger partial charge on any atom is -0.356 e. The Morgan fingerprint density at radius 3 is 2.41 bits per heavy atom. The molecule has 17 heavy (non-hydrogen) atoms. The number of hydrogen-bond acceptors (Lipinski definition) is 1. The third-order valence-electron chi connectivity index (χ3n) is 3.92.